The minimum Gasteiger partial charge on any atom is -0.436 e. The van der Waals surface area contributed by atoms with E-state index in [4.69, 9.17) is 16.6 Å². The van der Waals surface area contributed by atoms with Gasteiger partial charge in [-0.25, -0.2) is 4.98 Å². The Hall–Kier alpha value is -4.11. The fraction of sp³-hybridized carbons (Fsp3) is 0.160. The molecule has 0 atom stereocenters. The average molecular weight is 475 g/mol. The van der Waals surface area contributed by atoms with Crippen LogP contribution in [0.15, 0.2) is 52.9 Å². The van der Waals surface area contributed by atoms with Crippen LogP contribution in [-0.2, 0) is 0 Å². The number of carbonyl (C=O) groups excluding carboxylic acids is 1. The molecule has 0 radical (unpaired) electrons. The van der Waals surface area contributed by atoms with Crippen molar-refractivity contribution in [3.05, 3.63) is 86.5 Å². The Bertz CT molecular complexity index is 1480. The zero-order valence-corrected chi connectivity index (χ0v) is 19.9. The van der Waals surface area contributed by atoms with Crippen LogP contribution in [0.25, 0.3) is 22.6 Å². The lowest BCUT2D eigenvalue weighted by Gasteiger charge is -2.13. The second kappa shape index (κ2) is 9.03. The van der Waals surface area contributed by atoms with E-state index in [0.29, 0.717) is 11.6 Å². The third-order valence-corrected chi connectivity index (χ3v) is 5.73. The van der Waals surface area contributed by atoms with Gasteiger partial charge in [0.05, 0.1) is 4.92 Å². The molecule has 8 nitrogen and oxygen atoms in total. The molecule has 1 aromatic heterocycles. The third-order valence-electron chi connectivity index (χ3n) is 5.53. The SMILES string of the molecule is Cc1cc(C)c2oc(-c3ccc(C)c(NC(=S)NC(=O)c4cccc([N+](=O)[O-])c4C)c3)nc2c1. The highest BCUT2D eigenvalue weighted by Crippen LogP contribution is 2.30. The Balaban J connectivity index is 1.56. The van der Waals surface area contributed by atoms with Crippen LogP contribution in [0, 0.1) is 37.8 Å². The first-order valence-electron chi connectivity index (χ1n) is 10.5. The van der Waals surface area contributed by atoms with E-state index in [1.807, 2.05) is 51.1 Å². The summed E-state index contributed by atoms with van der Waals surface area (Å²) in [4.78, 5) is 27.9. The largest absolute Gasteiger partial charge is 0.436 e. The molecule has 0 unspecified atom stereocenters. The van der Waals surface area contributed by atoms with Crippen molar-refractivity contribution < 1.29 is 14.1 Å². The molecule has 0 aliphatic rings. The molecule has 2 N–H and O–H groups in total. The maximum atomic E-state index is 12.7. The van der Waals surface area contributed by atoms with Gasteiger partial charge in [0.2, 0.25) is 5.89 Å². The summed E-state index contributed by atoms with van der Waals surface area (Å²) in [5.41, 5.74) is 6.31. The number of oxazole rings is 1. The predicted octanol–water partition coefficient (Wildman–Crippen LogP) is 5.76. The van der Waals surface area contributed by atoms with Crippen molar-refractivity contribution in [2.24, 2.45) is 0 Å². The topological polar surface area (TPSA) is 110 Å². The number of fused-ring (bicyclic) bond motifs is 1. The number of benzene rings is 3. The smallest absolute Gasteiger partial charge is 0.273 e. The monoisotopic (exact) mass is 474 g/mol. The van der Waals surface area contributed by atoms with Gasteiger partial charge < -0.3 is 9.73 Å². The van der Waals surface area contributed by atoms with E-state index in [1.54, 1.807) is 0 Å². The van der Waals surface area contributed by atoms with Crippen LogP contribution in [0.2, 0.25) is 0 Å². The second-order valence-corrected chi connectivity index (χ2v) is 8.50. The van der Waals surface area contributed by atoms with Crippen LogP contribution in [0.3, 0.4) is 0 Å². The molecule has 1 amide bonds. The summed E-state index contributed by atoms with van der Waals surface area (Å²) in [5.74, 6) is -0.0498. The summed E-state index contributed by atoms with van der Waals surface area (Å²) < 4.78 is 6.01. The molecule has 0 fully saturated rings. The number of thiocarbonyl (C=S) groups is 1. The van der Waals surface area contributed by atoms with E-state index >= 15 is 0 Å². The molecule has 34 heavy (non-hydrogen) atoms. The van der Waals surface area contributed by atoms with Gasteiger partial charge in [0, 0.05) is 28.4 Å². The molecule has 4 aromatic rings. The molecular weight excluding hydrogens is 452 g/mol. The molecular formula is C25H22N4O4S. The molecule has 0 aliphatic carbocycles. The summed E-state index contributed by atoms with van der Waals surface area (Å²) in [6, 6.07) is 14.0. The van der Waals surface area contributed by atoms with Crippen molar-refractivity contribution in [2.75, 3.05) is 5.32 Å². The molecule has 9 heteroatoms. The number of aryl methyl sites for hydroxylation is 3. The first-order chi connectivity index (χ1) is 16.1. The highest BCUT2D eigenvalue weighted by atomic mass is 32.1. The Morgan fingerprint density at radius 2 is 1.82 bits per heavy atom. The van der Waals surface area contributed by atoms with Crippen molar-refractivity contribution in [3.8, 4) is 11.5 Å². The number of carbonyl (C=O) groups is 1. The second-order valence-electron chi connectivity index (χ2n) is 8.09. The van der Waals surface area contributed by atoms with Gasteiger partial charge in [0.25, 0.3) is 11.6 Å². The van der Waals surface area contributed by atoms with E-state index < -0.39 is 10.8 Å². The first-order valence-corrected chi connectivity index (χ1v) is 10.9. The Kier molecular flexibility index (Phi) is 6.12. The van der Waals surface area contributed by atoms with Crippen LogP contribution in [-0.4, -0.2) is 20.9 Å². The number of anilines is 1. The van der Waals surface area contributed by atoms with Crippen molar-refractivity contribution in [2.45, 2.75) is 27.7 Å². The number of nitro groups is 1. The number of aromatic nitrogens is 1. The van der Waals surface area contributed by atoms with Gasteiger partial charge in [-0.2, -0.15) is 0 Å². The highest BCUT2D eigenvalue weighted by molar-refractivity contribution is 7.80. The number of rotatable bonds is 4. The number of nitrogens with zero attached hydrogens (tertiary/aromatic N) is 2. The fourth-order valence-corrected chi connectivity index (χ4v) is 3.98. The molecule has 3 aromatic carbocycles. The van der Waals surface area contributed by atoms with Crippen molar-refractivity contribution in [1.82, 2.24) is 10.3 Å². The van der Waals surface area contributed by atoms with Crippen LogP contribution in [0.1, 0.15) is 32.6 Å². The van der Waals surface area contributed by atoms with E-state index in [1.165, 1.54) is 25.1 Å². The maximum absolute atomic E-state index is 12.7. The summed E-state index contributed by atoms with van der Waals surface area (Å²) in [6.45, 7) is 7.43. The number of hydrogen-bond donors (Lipinski definition) is 2. The van der Waals surface area contributed by atoms with Crippen LogP contribution in [0.4, 0.5) is 11.4 Å². The lowest BCUT2D eigenvalue weighted by atomic mass is 10.1. The summed E-state index contributed by atoms with van der Waals surface area (Å²) in [7, 11) is 0. The van der Waals surface area contributed by atoms with Gasteiger partial charge in [0.1, 0.15) is 5.52 Å². The molecule has 4 rings (SSSR count). The summed E-state index contributed by atoms with van der Waals surface area (Å²) >= 11 is 5.33. The number of amides is 1. The number of nitro benzene ring substituents is 1. The van der Waals surface area contributed by atoms with Gasteiger partial charge in [-0.15, -0.1) is 0 Å². The van der Waals surface area contributed by atoms with Crippen LogP contribution in [0.5, 0.6) is 0 Å². The van der Waals surface area contributed by atoms with Gasteiger partial charge in [-0.05, 0) is 80.9 Å². The third kappa shape index (κ3) is 4.51. The molecule has 172 valence electrons. The van der Waals surface area contributed by atoms with Gasteiger partial charge in [-0.1, -0.05) is 18.2 Å². The van der Waals surface area contributed by atoms with Crippen molar-refractivity contribution in [1.29, 1.82) is 0 Å². The van der Waals surface area contributed by atoms with Gasteiger partial charge in [0.15, 0.2) is 10.7 Å². The first kappa shape index (κ1) is 23.1. The van der Waals surface area contributed by atoms with Crippen molar-refractivity contribution in [3.63, 3.8) is 0 Å². The molecule has 0 bridgehead atoms. The predicted molar refractivity (Wildman–Crippen MR) is 135 cm³/mol. The van der Waals surface area contributed by atoms with E-state index in [9.17, 15) is 14.9 Å². The van der Waals surface area contributed by atoms with Crippen LogP contribution < -0.4 is 10.6 Å². The molecule has 0 aliphatic heterocycles. The minimum absolute atomic E-state index is 0.0696. The minimum atomic E-state index is -0.530. The molecule has 0 spiro atoms. The van der Waals surface area contributed by atoms with Crippen molar-refractivity contribution >= 4 is 45.7 Å². The van der Waals surface area contributed by atoms with Gasteiger partial charge in [-0.3, -0.25) is 20.2 Å². The zero-order valence-electron chi connectivity index (χ0n) is 19.1. The average Bonchev–Trinajstić information content (AvgIpc) is 3.19. The quantitative estimate of drug-likeness (QED) is 0.220. The van der Waals surface area contributed by atoms with Crippen LogP contribution >= 0.6 is 12.2 Å². The Morgan fingerprint density at radius 1 is 1.06 bits per heavy atom. The number of hydrogen-bond acceptors (Lipinski definition) is 6. The maximum Gasteiger partial charge on any atom is 0.273 e. The number of nitrogens with one attached hydrogen (secondary N) is 2. The Morgan fingerprint density at radius 3 is 2.56 bits per heavy atom. The van der Waals surface area contributed by atoms with E-state index in [-0.39, 0.29) is 21.9 Å². The summed E-state index contributed by atoms with van der Waals surface area (Å²) in [6.07, 6.45) is 0. The molecule has 1 heterocycles. The summed E-state index contributed by atoms with van der Waals surface area (Å²) in [5, 5.41) is 16.9. The fourth-order valence-electron chi connectivity index (χ4n) is 3.78. The Labute approximate surface area is 201 Å². The normalized spacial score (nSPS) is 10.8. The zero-order chi connectivity index (χ0) is 24.6. The lowest BCUT2D eigenvalue weighted by molar-refractivity contribution is -0.385. The van der Waals surface area contributed by atoms with Gasteiger partial charge >= 0.3 is 0 Å². The highest BCUT2D eigenvalue weighted by Gasteiger charge is 2.19. The molecule has 0 saturated carbocycles. The van der Waals surface area contributed by atoms with E-state index in [0.717, 1.165) is 33.4 Å². The lowest BCUT2D eigenvalue weighted by Crippen LogP contribution is -2.34. The standard InChI is InChI=1S/C25H22N4O4S/c1-13-10-15(3)22-20(11-13)26-24(33-22)17-9-8-14(2)19(12-17)27-25(34)28-23(30)18-6-5-7-21(16(18)4)29(31)32/h5-12H,1-4H3,(H2,27,28,30,34). The van der Waals surface area contributed by atoms with E-state index in [2.05, 4.69) is 15.6 Å². The molecule has 0 saturated heterocycles.